The lowest BCUT2D eigenvalue weighted by Gasteiger charge is -2.32. The van der Waals surface area contributed by atoms with Crippen molar-refractivity contribution in [3.05, 3.63) is 35.6 Å². The van der Waals surface area contributed by atoms with E-state index in [0.717, 1.165) is 26.2 Å². The van der Waals surface area contributed by atoms with Crippen LogP contribution in [0.4, 0.5) is 4.39 Å². The van der Waals surface area contributed by atoms with Gasteiger partial charge in [-0.15, -0.1) is 0 Å². The Labute approximate surface area is 120 Å². The standard InChI is InChI=1S/C16H24FNO2/c1-20-12-13-5-4-9-18(11-13)10-8-16(19)14-6-2-3-7-15(14)17/h2-3,6-7,13,16,19H,4-5,8-12H2,1H3. The number of aliphatic hydroxyl groups is 1. The van der Waals surface area contributed by atoms with E-state index in [1.54, 1.807) is 25.3 Å². The first-order chi connectivity index (χ1) is 9.70. The lowest BCUT2D eigenvalue weighted by Crippen LogP contribution is -2.38. The van der Waals surface area contributed by atoms with Crippen LogP contribution in [0.5, 0.6) is 0 Å². The molecule has 4 heteroatoms. The van der Waals surface area contributed by atoms with Gasteiger partial charge in [0, 0.05) is 25.8 Å². The summed E-state index contributed by atoms with van der Waals surface area (Å²) >= 11 is 0. The summed E-state index contributed by atoms with van der Waals surface area (Å²) in [4.78, 5) is 2.34. The van der Waals surface area contributed by atoms with Crippen LogP contribution in [0.1, 0.15) is 30.9 Å². The van der Waals surface area contributed by atoms with Gasteiger partial charge in [-0.05, 0) is 37.8 Å². The monoisotopic (exact) mass is 281 g/mol. The fourth-order valence-corrected chi connectivity index (χ4v) is 2.93. The van der Waals surface area contributed by atoms with Gasteiger partial charge in [0.25, 0.3) is 0 Å². The number of piperidine rings is 1. The number of likely N-dealkylation sites (tertiary alicyclic amines) is 1. The predicted molar refractivity (Wildman–Crippen MR) is 77.0 cm³/mol. The summed E-state index contributed by atoms with van der Waals surface area (Å²) in [6.45, 7) is 3.67. The van der Waals surface area contributed by atoms with Gasteiger partial charge in [-0.1, -0.05) is 18.2 Å². The minimum absolute atomic E-state index is 0.323. The highest BCUT2D eigenvalue weighted by Crippen LogP contribution is 2.22. The van der Waals surface area contributed by atoms with Crippen molar-refractivity contribution in [3.8, 4) is 0 Å². The van der Waals surface area contributed by atoms with Crippen LogP contribution in [0, 0.1) is 11.7 Å². The van der Waals surface area contributed by atoms with Crippen LogP contribution in [-0.4, -0.2) is 43.4 Å². The minimum Gasteiger partial charge on any atom is -0.388 e. The van der Waals surface area contributed by atoms with Gasteiger partial charge in [-0.2, -0.15) is 0 Å². The quantitative estimate of drug-likeness (QED) is 0.870. The fraction of sp³-hybridized carbons (Fsp3) is 0.625. The molecule has 0 aromatic heterocycles. The Hall–Kier alpha value is -0.970. The van der Waals surface area contributed by atoms with Gasteiger partial charge in [0.15, 0.2) is 0 Å². The molecule has 2 atom stereocenters. The smallest absolute Gasteiger partial charge is 0.128 e. The van der Waals surface area contributed by atoms with E-state index in [4.69, 9.17) is 4.74 Å². The van der Waals surface area contributed by atoms with E-state index in [-0.39, 0.29) is 5.82 Å². The summed E-state index contributed by atoms with van der Waals surface area (Å²) < 4.78 is 18.8. The maximum Gasteiger partial charge on any atom is 0.128 e. The summed E-state index contributed by atoms with van der Waals surface area (Å²) in [5.74, 6) is 0.259. The number of aliphatic hydroxyl groups excluding tert-OH is 1. The van der Waals surface area contributed by atoms with Crippen LogP contribution in [0.3, 0.4) is 0 Å². The van der Waals surface area contributed by atoms with E-state index in [1.165, 1.54) is 18.9 Å². The molecule has 1 aromatic rings. The van der Waals surface area contributed by atoms with E-state index < -0.39 is 6.10 Å². The van der Waals surface area contributed by atoms with E-state index >= 15 is 0 Å². The van der Waals surface area contributed by atoms with Crippen molar-refractivity contribution >= 4 is 0 Å². The first kappa shape index (κ1) is 15.4. The van der Waals surface area contributed by atoms with Crippen LogP contribution in [0.25, 0.3) is 0 Å². The van der Waals surface area contributed by atoms with Crippen molar-refractivity contribution in [3.63, 3.8) is 0 Å². The molecular weight excluding hydrogens is 257 g/mol. The summed E-state index contributed by atoms with van der Waals surface area (Å²) in [6.07, 6.45) is 2.23. The lowest BCUT2D eigenvalue weighted by atomic mass is 9.98. The summed E-state index contributed by atoms with van der Waals surface area (Å²) in [5.41, 5.74) is 0.401. The number of rotatable bonds is 6. The Bertz CT molecular complexity index is 411. The van der Waals surface area contributed by atoms with E-state index in [9.17, 15) is 9.50 Å². The van der Waals surface area contributed by atoms with Gasteiger partial charge in [0.2, 0.25) is 0 Å². The molecule has 2 rings (SSSR count). The van der Waals surface area contributed by atoms with Gasteiger partial charge in [-0.25, -0.2) is 4.39 Å². The molecule has 20 heavy (non-hydrogen) atoms. The Morgan fingerprint density at radius 1 is 1.45 bits per heavy atom. The Morgan fingerprint density at radius 2 is 2.25 bits per heavy atom. The second-order valence-corrected chi connectivity index (χ2v) is 5.59. The third-order valence-electron chi connectivity index (χ3n) is 3.99. The molecule has 1 saturated heterocycles. The normalized spacial score (nSPS) is 21.9. The molecule has 1 aliphatic heterocycles. The van der Waals surface area contributed by atoms with Crippen molar-refractivity contribution in [2.45, 2.75) is 25.4 Å². The highest BCUT2D eigenvalue weighted by molar-refractivity contribution is 5.19. The molecule has 0 aliphatic carbocycles. The Morgan fingerprint density at radius 3 is 3.00 bits per heavy atom. The zero-order valence-electron chi connectivity index (χ0n) is 12.1. The van der Waals surface area contributed by atoms with Crippen molar-refractivity contribution in [1.82, 2.24) is 4.90 Å². The summed E-state index contributed by atoms with van der Waals surface area (Å²) in [5, 5.41) is 10.1. The molecule has 1 fully saturated rings. The third-order valence-corrected chi connectivity index (χ3v) is 3.99. The molecular formula is C16H24FNO2. The number of methoxy groups -OCH3 is 1. The van der Waals surface area contributed by atoms with Crippen LogP contribution in [0.2, 0.25) is 0 Å². The molecule has 1 aliphatic rings. The van der Waals surface area contributed by atoms with E-state index in [2.05, 4.69) is 4.90 Å². The van der Waals surface area contributed by atoms with Gasteiger partial charge < -0.3 is 14.7 Å². The van der Waals surface area contributed by atoms with Crippen LogP contribution >= 0.6 is 0 Å². The van der Waals surface area contributed by atoms with Gasteiger partial charge in [0.05, 0.1) is 12.7 Å². The maximum absolute atomic E-state index is 13.6. The largest absolute Gasteiger partial charge is 0.388 e. The number of benzene rings is 1. The molecule has 3 nitrogen and oxygen atoms in total. The van der Waals surface area contributed by atoms with Crippen LogP contribution in [-0.2, 0) is 4.74 Å². The Balaban J connectivity index is 1.81. The Kier molecular flexibility index (Phi) is 5.95. The number of hydrogen-bond donors (Lipinski definition) is 1. The SMILES string of the molecule is COCC1CCCN(CCC(O)c2ccccc2F)C1. The molecule has 112 valence electrons. The first-order valence-electron chi connectivity index (χ1n) is 7.34. The minimum atomic E-state index is -0.723. The van der Waals surface area contributed by atoms with E-state index in [0.29, 0.717) is 17.9 Å². The van der Waals surface area contributed by atoms with Crippen molar-refractivity contribution < 1.29 is 14.2 Å². The summed E-state index contributed by atoms with van der Waals surface area (Å²) in [6, 6.07) is 6.46. The number of ether oxygens (including phenoxy) is 1. The molecule has 0 saturated carbocycles. The highest BCUT2D eigenvalue weighted by atomic mass is 19.1. The average Bonchev–Trinajstić information content (AvgIpc) is 2.46. The molecule has 1 N–H and O–H groups in total. The fourth-order valence-electron chi connectivity index (χ4n) is 2.93. The average molecular weight is 281 g/mol. The van der Waals surface area contributed by atoms with Crippen LogP contribution < -0.4 is 0 Å². The van der Waals surface area contributed by atoms with Gasteiger partial charge in [-0.3, -0.25) is 0 Å². The van der Waals surface area contributed by atoms with Crippen molar-refractivity contribution in [2.75, 3.05) is 33.4 Å². The molecule has 0 spiro atoms. The highest BCUT2D eigenvalue weighted by Gasteiger charge is 2.21. The third kappa shape index (κ3) is 4.27. The molecule has 2 unspecified atom stereocenters. The number of halogens is 1. The van der Waals surface area contributed by atoms with Gasteiger partial charge in [0.1, 0.15) is 5.82 Å². The molecule has 1 heterocycles. The molecule has 0 bridgehead atoms. The van der Waals surface area contributed by atoms with Gasteiger partial charge >= 0.3 is 0 Å². The maximum atomic E-state index is 13.6. The molecule has 0 amide bonds. The number of nitrogens with zero attached hydrogens (tertiary/aromatic N) is 1. The predicted octanol–water partition coefficient (Wildman–Crippen LogP) is 2.61. The van der Waals surface area contributed by atoms with Crippen molar-refractivity contribution in [1.29, 1.82) is 0 Å². The molecule has 1 aromatic carbocycles. The van der Waals surface area contributed by atoms with E-state index in [1.807, 2.05) is 0 Å². The summed E-state index contributed by atoms with van der Waals surface area (Å²) in [7, 11) is 1.74. The topological polar surface area (TPSA) is 32.7 Å². The van der Waals surface area contributed by atoms with Crippen LogP contribution in [0.15, 0.2) is 24.3 Å². The zero-order valence-corrected chi connectivity index (χ0v) is 12.1. The lowest BCUT2D eigenvalue weighted by molar-refractivity contribution is 0.0773. The zero-order chi connectivity index (χ0) is 14.4. The number of hydrogen-bond acceptors (Lipinski definition) is 3. The first-order valence-corrected chi connectivity index (χ1v) is 7.34. The van der Waals surface area contributed by atoms with Crippen molar-refractivity contribution in [2.24, 2.45) is 5.92 Å². The second kappa shape index (κ2) is 7.72. The second-order valence-electron chi connectivity index (χ2n) is 5.59. The molecule has 0 radical (unpaired) electrons.